The summed E-state index contributed by atoms with van der Waals surface area (Å²) in [6, 6.07) is 18.5. The molecule has 0 saturated carbocycles. The van der Waals surface area contributed by atoms with E-state index in [9.17, 15) is 4.79 Å². The van der Waals surface area contributed by atoms with E-state index in [4.69, 9.17) is 5.11 Å². The van der Waals surface area contributed by atoms with Crippen LogP contribution in [0.1, 0.15) is 22.0 Å². The molecule has 2 aromatic carbocycles. The second kappa shape index (κ2) is 7.26. The zero-order valence-corrected chi connectivity index (χ0v) is 11.1. The lowest BCUT2D eigenvalue weighted by molar-refractivity contribution is 0.0944. The molecule has 0 bridgehead atoms. The van der Waals surface area contributed by atoms with Gasteiger partial charge in [-0.25, -0.2) is 0 Å². The zero-order valence-electron chi connectivity index (χ0n) is 11.1. The van der Waals surface area contributed by atoms with Gasteiger partial charge in [0.25, 0.3) is 5.91 Å². The van der Waals surface area contributed by atoms with Gasteiger partial charge in [0.15, 0.2) is 0 Å². The first-order valence-corrected chi connectivity index (χ1v) is 6.49. The second-order valence-electron chi connectivity index (χ2n) is 4.34. The lowest BCUT2D eigenvalue weighted by Gasteiger charge is -2.15. The van der Waals surface area contributed by atoms with Gasteiger partial charge in [-0.05, 0) is 17.7 Å². The fourth-order valence-electron chi connectivity index (χ4n) is 1.91. The normalized spacial score (nSPS) is 12.2. The van der Waals surface area contributed by atoms with E-state index in [0.29, 0.717) is 5.56 Å². The van der Waals surface area contributed by atoms with E-state index < -0.39 is 0 Å². The van der Waals surface area contributed by atoms with Crippen LogP contribution >= 0.6 is 0 Å². The van der Waals surface area contributed by atoms with Gasteiger partial charge in [-0.15, -0.1) is 0 Å². The van der Waals surface area contributed by atoms with E-state index >= 15 is 0 Å². The summed E-state index contributed by atoms with van der Waals surface area (Å²) in [5.74, 6) is -0.137. The maximum Gasteiger partial charge on any atom is 0.252 e. The van der Waals surface area contributed by atoms with Gasteiger partial charge < -0.3 is 10.4 Å². The molecule has 0 unspecified atom stereocenters. The highest BCUT2D eigenvalue weighted by molar-refractivity contribution is 5.94. The molecule has 0 saturated heterocycles. The maximum absolute atomic E-state index is 12.2. The molecule has 3 nitrogen and oxygen atoms in total. The Bertz CT molecular complexity index is 564. The Labute approximate surface area is 118 Å². The van der Waals surface area contributed by atoms with Crippen LogP contribution in [-0.4, -0.2) is 17.6 Å². The Morgan fingerprint density at radius 1 is 1.05 bits per heavy atom. The van der Waals surface area contributed by atoms with Crippen LogP contribution < -0.4 is 5.32 Å². The van der Waals surface area contributed by atoms with Crippen LogP contribution in [0.25, 0.3) is 0 Å². The van der Waals surface area contributed by atoms with Gasteiger partial charge in [0.05, 0.1) is 12.6 Å². The molecule has 0 fully saturated rings. The third-order valence-electron chi connectivity index (χ3n) is 2.92. The van der Waals surface area contributed by atoms with E-state index in [1.54, 1.807) is 24.3 Å². The number of carbonyl (C=O) groups is 1. The highest BCUT2D eigenvalue weighted by Gasteiger charge is 2.12. The molecule has 0 aromatic heterocycles. The van der Waals surface area contributed by atoms with Gasteiger partial charge in [-0.3, -0.25) is 4.79 Å². The summed E-state index contributed by atoms with van der Waals surface area (Å²) in [7, 11) is 0. The number of rotatable bonds is 5. The maximum atomic E-state index is 12.2. The fraction of sp³-hybridized carbons (Fsp3) is 0.118. The van der Waals surface area contributed by atoms with Gasteiger partial charge >= 0.3 is 0 Å². The van der Waals surface area contributed by atoms with Crippen molar-refractivity contribution < 1.29 is 9.90 Å². The second-order valence-corrected chi connectivity index (χ2v) is 4.34. The minimum absolute atomic E-state index is 0.0511. The lowest BCUT2D eigenvalue weighted by atomic mass is 10.1. The highest BCUT2D eigenvalue weighted by atomic mass is 16.2. The first-order valence-electron chi connectivity index (χ1n) is 6.49. The Kier molecular flexibility index (Phi) is 5.09. The van der Waals surface area contributed by atoms with Crippen LogP contribution in [0.2, 0.25) is 0 Å². The van der Waals surface area contributed by atoms with E-state index in [2.05, 4.69) is 5.32 Å². The molecule has 2 N–H and O–H groups in total. The number of aliphatic hydroxyl groups is 1. The van der Waals surface area contributed by atoms with Crippen molar-refractivity contribution >= 4 is 5.91 Å². The van der Waals surface area contributed by atoms with E-state index in [0.717, 1.165) is 5.56 Å². The van der Waals surface area contributed by atoms with Crippen molar-refractivity contribution in [3.63, 3.8) is 0 Å². The molecular weight excluding hydrogens is 250 g/mol. The predicted octanol–water partition coefficient (Wildman–Crippen LogP) is 2.71. The molecule has 0 heterocycles. The summed E-state index contributed by atoms with van der Waals surface area (Å²) in [6.45, 7) is -0.0511. The third-order valence-corrected chi connectivity index (χ3v) is 2.92. The topological polar surface area (TPSA) is 49.3 Å². The van der Waals surface area contributed by atoms with Crippen molar-refractivity contribution in [3.05, 3.63) is 83.9 Å². The number of hydrogen-bond acceptors (Lipinski definition) is 2. The molecule has 0 aliphatic rings. The first kappa shape index (κ1) is 14.0. The summed E-state index contributed by atoms with van der Waals surface area (Å²) in [5.41, 5.74) is 1.59. The van der Waals surface area contributed by atoms with Gasteiger partial charge in [-0.1, -0.05) is 60.7 Å². The molecule has 3 heteroatoms. The monoisotopic (exact) mass is 267 g/mol. The van der Waals surface area contributed by atoms with E-state index in [-0.39, 0.29) is 18.6 Å². The van der Waals surface area contributed by atoms with Crippen molar-refractivity contribution in [1.29, 1.82) is 0 Å². The van der Waals surface area contributed by atoms with Gasteiger partial charge in [0.2, 0.25) is 0 Å². The van der Waals surface area contributed by atoms with Crippen LogP contribution in [0.4, 0.5) is 0 Å². The van der Waals surface area contributed by atoms with Gasteiger partial charge in [0.1, 0.15) is 0 Å². The molecule has 2 rings (SSSR count). The summed E-state index contributed by atoms with van der Waals surface area (Å²) in [5, 5.41) is 11.9. The van der Waals surface area contributed by atoms with E-state index in [1.165, 1.54) is 0 Å². The standard InChI is InChI=1S/C17H17NO2/c19-13-7-12-16(14-8-3-1-4-9-14)18-17(20)15-10-5-2-6-11-15/h1-12,16,19H,13H2,(H,18,20)/b12-7-/t16-/m0/s1. The summed E-state index contributed by atoms with van der Waals surface area (Å²) in [6.07, 6.45) is 3.42. The molecule has 0 radical (unpaired) electrons. The number of aliphatic hydroxyl groups excluding tert-OH is 1. The summed E-state index contributed by atoms with van der Waals surface area (Å²) >= 11 is 0. The molecule has 0 aliphatic heterocycles. The summed E-state index contributed by atoms with van der Waals surface area (Å²) in [4.78, 5) is 12.2. The Morgan fingerprint density at radius 3 is 2.25 bits per heavy atom. The van der Waals surface area contributed by atoms with Crippen LogP contribution in [0.15, 0.2) is 72.8 Å². The van der Waals surface area contributed by atoms with Crippen molar-refractivity contribution in [2.24, 2.45) is 0 Å². The smallest absolute Gasteiger partial charge is 0.252 e. The van der Waals surface area contributed by atoms with E-state index in [1.807, 2.05) is 48.5 Å². The average molecular weight is 267 g/mol. The molecule has 0 aliphatic carbocycles. The Morgan fingerprint density at radius 2 is 1.65 bits per heavy atom. The minimum atomic E-state index is -0.254. The molecule has 0 spiro atoms. The summed E-state index contributed by atoms with van der Waals surface area (Å²) < 4.78 is 0. The fourth-order valence-corrected chi connectivity index (χ4v) is 1.91. The molecular formula is C17H17NO2. The van der Waals surface area contributed by atoms with Crippen LogP contribution in [0, 0.1) is 0 Å². The van der Waals surface area contributed by atoms with Crippen molar-refractivity contribution in [2.45, 2.75) is 6.04 Å². The number of hydrogen-bond donors (Lipinski definition) is 2. The number of amides is 1. The van der Waals surface area contributed by atoms with Crippen LogP contribution in [-0.2, 0) is 0 Å². The largest absolute Gasteiger partial charge is 0.392 e. The molecule has 1 amide bonds. The van der Waals surface area contributed by atoms with Crippen molar-refractivity contribution in [2.75, 3.05) is 6.61 Å². The first-order chi connectivity index (χ1) is 9.81. The zero-order chi connectivity index (χ0) is 14.2. The van der Waals surface area contributed by atoms with Crippen LogP contribution in [0.5, 0.6) is 0 Å². The molecule has 102 valence electrons. The lowest BCUT2D eigenvalue weighted by Crippen LogP contribution is -2.27. The van der Waals surface area contributed by atoms with Gasteiger partial charge in [0, 0.05) is 5.56 Å². The van der Waals surface area contributed by atoms with Crippen molar-refractivity contribution in [1.82, 2.24) is 5.32 Å². The third kappa shape index (κ3) is 3.80. The Hall–Kier alpha value is -2.39. The quantitative estimate of drug-likeness (QED) is 0.818. The molecule has 2 aromatic rings. The molecule has 1 atom stereocenters. The number of carbonyl (C=O) groups excluding carboxylic acids is 1. The van der Waals surface area contributed by atoms with Crippen LogP contribution in [0.3, 0.4) is 0 Å². The van der Waals surface area contributed by atoms with Crippen molar-refractivity contribution in [3.8, 4) is 0 Å². The highest BCUT2D eigenvalue weighted by Crippen LogP contribution is 2.15. The SMILES string of the molecule is O=C(N[C@@H](/C=C\CO)c1ccccc1)c1ccccc1. The predicted molar refractivity (Wildman–Crippen MR) is 79.3 cm³/mol. The van der Waals surface area contributed by atoms with Gasteiger partial charge in [-0.2, -0.15) is 0 Å². The minimum Gasteiger partial charge on any atom is -0.392 e. The number of benzene rings is 2. The average Bonchev–Trinajstić information content (AvgIpc) is 2.53. The Balaban J connectivity index is 2.16. The molecule has 20 heavy (non-hydrogen) atoms. The number of nitrogens with one attached hydrogen (secondary N) is 1.